The third kappa shape index (κ3) is 3.41. The summed E-state index contributed by atoms with van der Waals surface area (Å²) in [6.07, 6.45) is 2.32. The molecule has 106 valence electrons. The molecular weight excluding hydrogens is 266 g/mol. The molecule has 0 aliphatic heterocycles. The summed E-state index contributed by atoms with van der Waals surface area (Å²) in [4.78, 5) is 0. The maximum atomic E-state index is 6.39. The van der Waals surface area contributed by atoms with E-state index in [1.807, 2.05) is 7.05 Å². The van der Waals surface area contributed by atoms with Gasteiger partial charge in [-0.05, 0) is 48.7 Å². The number of hydrogen-bond donors (Lipinski definition) is 1. The molecular formula is C18H22ClN. The van der Waals surface area contributed by atoms with Crippen molar-refractivity contribution >= 4 is 11.6 Å². The normalized spacial score (nSPS) is 12.4. The molecule has 2 aromatic carbocycles. The van der Waals surface area contributed by atoms with Crippen molar-refractivity contribution in [2.75, 3.05) is 7.05 Å². The van der Waals surface area contributed by atoms with Crippen LogP contribution in [0.25, 0.3) is 11.1 Å². The van der Waals surface area contributed by atoms with Gasteiger partial charge in [0.1, 0.15) is 0 Å². The van der Waals surface area contributed by atoms with E-state index in [2.05, 4.69) is 61.6 Å². The van der Waals surface area contributed by atoms with Gasteiger partial charge in [0.2, 0.25) is 0 Å². The average molecular weight is 288 g/mol. The van der Waals surface area contributed by atoms with Crippen molar-refractivity contribution < 1.29 is 0 Å². The van der Waals surface area contributed by atoms with E-state index in [0.29, 0.717) is 0 Å². The highest BCUT2D eigenvalue weighted by atomic mass is 35.5. The van der Waals surface area contributed by atoms with Gasteiger partial charge in [-0.15, -0.1) is 0 Å². The zero-order chi connectivity index (χ0) is 14.5. The lowest BCUT2D eigenvalue weighted by atomic mass is 9.99. The molecule has 1 atom stereocenters. The summed E-state index contributed by atoms with van der Waals surface area (Å²) < 4.78 is 0. The smallest absolute Gasteiger partial charge is 0.0459 e. The molecule has 2 rings (SSSR count). The Labute approximate surface area is 127 Å². The van der Waals surface area contributed by atoms with Crippen molar-refractivity contribution in [1.82, 2.24) is 5.32 Å². The van der Waals surface area contributed by atoms with Crippen LogP contribution in [0.4, 0.5) is 0 Å². The minimum Gasteiger partial charge on any atom is -0.313 e. The van der Waals surface area contributed by atoms with E-state index in [0.717, 1.165) is 17.0 Å². The first-order valence-corrected chi connectivity index (χ1v) is 7.59. The fourth-order valence-corrected chi connectivity index (χ4v) is 2.71. The van der Waals surface area contributed by atoms with Gasteiger partial charge in [0.15, 0.2) is 0 Å². The minimum atomic E-state index is 0.267. The Morgan fingerprint density at radius 3 is 2.25 bits per heavy atom. The van der Waals surface area contributed by atoms with Crippen molar-refractivity contribution in [2.24, 2.45) is 0 Å². The number of aryl methyl sites for hydroxylation is 1. The van der Waals surface area contributed by atoms with Crippen LogP contribution in [-0.2, 0) is 6.42 Å². The second kappa shape index (κ2) is 6.92. The number of rotatable bonds is 5. The van der Waals surface area contributed by atoms with E-state index >= 15 is 0 Å². The van der Waals surface area contributed by atoms with Crippen LogP contribution in [0.2, 0.25) is 5.02 Å². The zero-order valence-corrected chi connectivity index (χ0v) is 13.2. The van der Waals surface area contributed by atoms with E-state index in [4.69, 9.17) is 11.6 Å². The van der Waals surface area contributed by atoms with Crippen molar-refractivity contribution in [2.45, 2.75) is 32.7 Å². The SMILES string of the molecule is CCCc1ccc(-c2ccc(C(C)NC)c(Cl)c2)cc1. The molecule has 2 heteroatoms. The highest BCUT2D eigenvalue weighted by molar-refractivity contribution is 6.31. The molecule has 0 fully saturated rings. The molecule has 0 bridgehead atoms. The molecule has 0 saturated carbocycles. The monoisotopic (exact) mass is 287 g/mol. The highest BCUT2D eigenvalue weighted by Crippen LogP contribution is 2.29. The minimum absolute atomic E-state index is 0.267. The van der Waals surface area contributed by atoms with Crippen molar-refractivity contribution in [1.29, 1.82) is 0 Å². The van der Waals surface area contributed by atoms with Crippen molar-refractivity contribution in [3.05, 3.63) is 58.6 Å². The van der Waals surface area contributed by atoms with Gasteiger partial charge in [0, 0.05) is 11.1 Å². The van der Waals surface area contributed by atoms with E-state index in [1.54, 1.807) is 0 Å². The molecule has 1 unspecified atom stereocenters. The first-order valence-electron chi connectivity index (χ1n) is 7.21. The Bertz CT molecular complexity index is 560. The lowest BCUT2D eigenvalue weighted by molar-refractivity contribution is 0.652. The molecule has 1 nitrogen and oxygen atoms in total. The topological polar surface area (TPSA) is 12.0 Å². The molecule has 0 heterocycles. The van der Waals surface area contributed by atoms with Gasteiger partial charge in [-0.3, -0.25) is 0 Å². The number of benzene rings is 2. The van der Waals surface area contributed by atoms with Crippen LogP contribution in [0.1, 0.15) is 37.4 Å². The van der Waals surface area contributed by atoms with Crippen LogP contribution >= 0.6 is 11.6 Å². The maximum absolute atomic E-state index is 6.39. The molecule has 0 radical (unpaired) electrons. The summed E-state index contributed by atoms with van der Waals surface area (Å²) in [5.41, 5.74) is 4.92. The Hall–Kier alpha value is -1.31. The Balaban J connectivity index is 2.27. The number of nitrogens with one attached hydrogen (secondary N) is 1. The highest BCUT2D eigenvalue weighted by Gasteiger charge is 2.08. The third-order valence-electron chi connectivity index (χ3n) is 3.73. The van der Waals surface area contributed by atoms with Gasteiger partial charge < -0.3 is 5.32 Å². The van der Waals surface area contributed by atoms with E-state index in [1.165, 1.54) is 23.1 Å². The molecule has 0 aromatic heterocycles. The standard InChI is InChI=1S/C18H22ClN/c1-4-5-14-6-8-15(9-7-14)16-10-11-17(13(2)20-3)18(19)12-16/h6-13,20H,4-5H2,1-3H3. The Morgan fingerprint density at radius 2 is 1.70 bits per heavy atom. The van der Waals surface area contributed by atoms with Crippen LogP contribution in [-0.4, -0.2) is 7.05 Å². The number of hydrogen-bond acceptors (Lipinski definition) is 1. The van der Waals surface area contributed by atoms with Crippen molar-refractivity contribution in [3.8, 4) is 11.1 Å². The van der Waals surface area contributed by atoms with E-state index in [-0.39, 0.29) is 6.04 Å². The van der Waals surface area contributed by atoms with E-state index < -0.39 is 0 Å². The zero-order valence-electron chi connectivity index (χ0n) is 12.4. The van der Waals surface area contributed by atoms with Gasteiger partial charge in [0.25, 0.3) is 0 Å². The molecule has 0 aliphatic carbocycles. The van der Waals surface area contributed by atoms with Gasteiger partial charge in [-0.25, -0.2) is 0 Å². The molecule has 0 aliphatic rings. The third-order valence-corrected chi connectivity index (χ3v) is 4.05. The Kier molecular flexibility index (Phi) is 5.22. The predicted octanol–water partition coefficient (Wildman–Crippen LogP) is 5.24. The van der Waals surface area contributed by atoms with Crippen molar-refractivity contribution in [3.63, 3.8) is 0 Å². The van der Waals surface area contributed by atoms with Crippen LogP contribution in [0, 0.1) is 0 Å². The molecule has 0 amide bonds. The van der Waals surface area contributed by atoms with Crippen LogP contribution in [0.3, 0.4) is 0 Å². The molecule has 2 aromatic rings. The van der Waals surface area contributed by atoms with Gasteiger partial charge in [0.05, 0.1) is 0 Å². The summed E-state index contributed by atoms with van der Waals surface area (Å²) in [5, 5.41) is 4.04. The molecule has 0 saturated heterocycles. The van der Waals surface area contributed by atoms with E-state index in [9.17, 15) is 0 Å². The Morgan fingerprint density at radius 1 is 1.05 bits per heavy atom. The second-order valence-corrected chi connectivity index (χ2v) is 5.60. The number of halogens is 1. The summed E-state index contributed by atoms with van der Waals surface area (Å²) in [7, 11) is 1.95. The second-order valence-electron chi connectivity index (χ2n) is 5.19. The van der Waals surface area contributed by atoms with Gasteiger partial charge in [-0.1, -0.05) is 61.3 Å². The summed E-state index contributed by atoms with van der Waals surface area (Å²) in [6.45, 7) is 4.32. The lowest BCUT2D eigenvalue weighted by Crippen LogP contribution is -2.12. The molecule has 1 N–H and O–H groups in total. The van der Waals surface area contributed by atoms with Gasteiger partial charge in [-0.2, -0.15) is 0 Å². The van der Waals surface area contributed by atoms with Gasteiger partial charge >= 0.3 is 0 Å². The first-order chi connectivity index (χ1) is 9.65. The average Bonchev–Trinajstić information content (AvgIpc) is 2.47. The van der Waals surface area contributed by atoms with Crippen LogP contribution < -0.4 is 5.32 Å². The predicted molar refractivity (Wildman–Crippen MR) is 88.4 cm³/mol. The molecule has 0 spiro atoms. The lowest BCUT2D eigenvalue weighted by Gasteiger charge is -2.14. The summed E-state index contributed by atoms with van der Waals surface area (Å²) in [6, 6.07) is 15.3. The largest absolute Gasteiger partial charge is 0.313 e. The summed E-state index contributed by atoms with van der Waals surface area (Å²) >= 11 is 6.39. The quantitative estimate of drug-likeness (QED) is 0.793. The first kappa shape index (κ1) is 15.1. The van der Waals surface area contributed by atoms with Crippen LogP contribution in [0.15, 0.2) is 42.5 Å². The fourth-order valence-electron chi connectivity index (χ4n) is 2.37. The maximum Gasteiger partial charge on any atom is 0.0459 e. The summed E-state index contributed by atoms with van der Waals surface area (Å²) in [5.74, 6) is 0. The fraction of sp³-hybridized carbons (Fsp3) is 0.333. The van der Waals surface area contributed by atoms with Crippen LogP contribution in [0.5, 0.6) is 0 Å². The molecule has 20 heavy (non-hydrogen) atoms.